The van der Waals surface area contributed by atoms with Gasteiger partial charge in [-0.25, -0.2) is 0 Å². The third kappa shape index (κ3) is 2.32. The highest BCUT2D eigenvalue weighted by Gasteiger charge is 2.58. The van der Waals surface area contributed by atoms with Gasteiger partial charge in [-0.15, -0.1) is 0 Å². The van der Waals surface area contributed by atoms with Crippen molar-refractivity contribution in [2.75, 3.05) is 6.61 Å². The Kier molecular flexibility index (Phi) is 3.73. The van der Waals surface area contributed by atoms with Gasteiger partial charge in [0.2, 0.25) is 0 Å². The molecule has 136 valence electrons. The lowest BCUT2D eigenvalue weighted by atomic mass is 9.83. The monoisotopic (exact) mass is 358 g/mol. The molecule has 0 aliphatic heterocycles. The zero-order valence-electron chi connectivity index (χ0n) is 15.0. The molecule has 2 N–H and O–H groups in total. The van der Waals surface area contributed by atoms with Crippen LogP contribution in [0.5, 0.6) is 0 Å². The van der Waals surface area contributed by atoms with Crippen molar-refractivity contribution in [2.24, 2.45) is 0 Å². The SMILES string of the molecule is OCC(O)C1(OC2(c3ccccc3)c3ccccc3-c3ccccc32)CC1. The summed E-state index contributed by atoms with van der Waals surface area (Å²) in [5.41, 5.74) is 4.04. The molecule has 0 spiro atoms. The Morgan fingerprint density at radius 2 is 1.30 bits per heavy atom. The fourth-order valence-electron chi connectivity index (χ4n) is 4.45. The summed E-state index contributed by atoms with van der Waals surface area (Å²) in [7, 11) is 0. The molecule has 1 unspecified atom stereocenters. The van der Waals surface area contributed by atoms with Crippen molar-refractivity contribution in [3.8, 4) is 11.1 Å². The second-order valence-electron chi connectivity index (χ2n) is 7.50. The summed E-state index contributed by atoms with van der Waals surface area (Å²) in [6.07, 6.45) is 0.597. The average Bonchev–Trinajstić information content (AvgIpc) is 3.47. The van der Waals surface area contributed by atoms with E-state index >= 15 is 0 Å². The predicted molar refractivity (Wildman–Crippen MR) is 104 cm³/mol. The van der Waals surface area contributed by atoms with Crippen molar-refractivity contribution in [3.05, 3.63) is 95.6 Å². The molecule has 0 saturated heterocycles. The highest BCUT2D eigenvalue weighted by atomic mass is 16.5. The Bertz CT molecular complexity index is 930. The molecule has 27 heavy (non-hydrogen) atoms. The number of hydrogen-bond donors (Lipinski definition) is 2. The van der Waals surface area contributed by atoms with E-state index in [2.05, 4.69) is 36.4 Å². The van der Waals surface area contributed by atoms with E-state index in [1.165, 1.54) is 0 Å². The molecule has 0 amide bonds. The first-order valence-electron chi connectivity index (χ1n) is 9.45. The van der Waals surface area contributed by atoms with E-state index in [0.717, 1.165) is 40.7 Å². The lowest BCUT2D eigenvalue weighted by molar-refractivity contribution is -0.129. The summed E-state index contributed by atoms with van der Waals surface area (Å²) in [4.78, 5) is 0. The van der Waals surface area contributed by atoms with Crippen LogP contribution in [0.2, 0.25) is 0 Å². The first-order valence-corrected chi connectivity index (χ1v) is 9.45. The van der Waals surface area contributed by atoms with Crippen LogP contribution in [0.4, 0.5) is 0 Å². The Balaban J connectivity index is 1.80. The van der Waals surface area contributed by atoms with Gasteiger partial charge in [0.25, 0.3) is 0 Å². The highest BCUT2D eigenvalue weighted by molar-refractivity contribution is 5.82. The minimum Gasteiger partial charge on any atom is -0.394 e. The van der Waals surface area contributed by atoms with Crippen molar-refractivity contribution in [1.82, 2.24) is 0 Å². The van der Waals surface area contributed by atoms with Crippen LogP contribution in [-0.4, -0.2) is 28.5 Å². The van der Waals surface area contributed by atoms with Crippen LogP contribution < -0.4 is 0 Å². The number of rotatable bonds is 5. The zero-order valence-corrected chi connectivity index (χ0v) is 15.0. The molecule has 0 aromatic heterocycles. The van der Waals surface area contributed by atoms with Crippen molar-refractivity contribution in [1.29, 1.82) is 0 Å². The summed E-state index contributed by atoms with van der Waals surface area (Å²) in [6.45, 7) is -0.297. The van der Waals surface area contributed by atoms with Gasteiger partial charge in [-0.05, 0) is 29.5 Å². The van der Waals surface area contributed by atoms with Gasteiger partial charge in [-0.2, -0.15) is 0 Å². The lowest BCUT2D eigenvalue weighted by Crippen LogP contribution is -2.43. The number of benzene rings is 3. The predicted octanol–water partition coefficient (Wildman–Crippen LogP) is 3.86. The summed E-state index contributed by atoms with van der Waals surface area (Å²) in [6, 6.07) is 26.9. The normalized spacial score (nSPS) is 19.2. The second-order valence-corrected chi connectivity index (χ2v) is 7.50. The highest BCUT2D eigenvalue weighted by Crippen LogP contribution is 2.58. The molecule has 3 aromatic rings. The van der Waals surface area contributed by atoms with Crippen LogP contribution in [0.1, 0.15) is 29.5 Å². The third-order valence-corrected chi connectivity index (χ3v) is 5.96. The molecule has 3 heteroatoms. The van der Waals surface area contributed by atoms with Gasteiger partial charge in [0.15, 0.2) is 0 Å². The van der Waals surface area contributed by atoms with E-state index in [-0.39, 0.29) is 6.61 Å². The van der Waals surface area contributed by atoms with Crippen LogP contribution in [0.15, 0.2) is 78.9 Å². The fourth-order valence-corrected chi connectivity index (χ4v) is 4.45. The van der Waals surface area contributed by atoms with Crippen molar-refractivity contribution >= 4 is 0 Å². The minimum atomic E-state index is -0.891. The molecule has 3 aromatic carbocycles. The smallest absolute Gasteiger partial charge is 0.145 e. The van der Waals surface area contributed by atoms with E-state index in [9.17, 15) is 10.2 Å². The number of hydrogen-bond acceptors (Lipinski definition) is 3. The molecule has 0 radical (unpaired) electrons. The van der Waals surface area contributed by atoms with Gasteiger partial charge < -0.3 is 14.9 Å². The van der Waals surface area contributed by atoms with Crippen molar-refractivity contribution in [3.63, 3.8) is 0 Å². The summed E-state index contributed by atoms with van der Waals surface area (Å²) < 4.78 is 6.88. The molecular formula is C24H22O3. The average molecular weight is 358 g/mol. The molecular weight excluding hydrogens is 336 g/mol. The summed E-state index contributed by atoms with van der Waals surface area (Å²) in [5, 5.41) is 20.1. The molecule has 1 fully saturated rings. The van der Waals surface area contributed by atoms with Gasteiger partial charge in [-0.1, -0.05) is 78.9 Å². The first-order chi connectivity index (χ1) is 13.2. The van der Waals surface area contributed by atoms with Gasteiger partial charge in [0.05, 0.1) is 12.2 Å². The maximum absolute atomic E-state index is 10.5. The minimum absolute atomic E-state index is 0.297. The van der Waals surface area contributed by atoms with Crippen molar-refractivity contribution in [2.45, 2.75) is 30.1 Å². The summed E-state index contributed by atoms with van der Waals surface area (Å²) >= 11 is 0. The number of fused-ring (bicyclic) bond motifs is 3. The zero-order chi connectivity index (χ0) is 18.5. The molecule has 2 aliphatic rings. The Morgan fingerprint density at radius 3 is 1.81 bits per heavy atom. The molecule has 1 saturated carbocycles. The van der Waals surface area contributed by atoms with Gasteiger partial charge >= 0.3 is 0 Å². The number of ether oxygens (including phenoxy) is 1. The molecule has 5 rings (SSSR count). The lowest BCUT2D eigenvalue weighted by Gasteiger charge is -2.38. The fraction of sp³-hybridized carbons (Fsp3) is 0.250. The van der Waals surface area contributed by atoms with Crippen LogP contribution in [0.3, 0.4) is 0 Å². The Hall–Kier alpha value is -2.46. The molecule has 1 atom stereocenters. The molecule has 0 heterocycles. The van der Waals surface area contributed by atoms with E-state index < -0.39 is 17.3 Å². The number of aliphatic hydroxyl groups excluding tert-OH is 2. The molecule has 0 bridgehead atoms. The van der Waals surface area contributed by atoms with Crippen LogP contribution >= 0.6 is 0 Å². The molecule has 3 nitrogen and oxygen atoms in total. The van der Waals surface area contributed by atoms with Crippen molar-refractivity contribution < 1.29 is 14.9 Å². The van der Waals surface area contributed by atoms with Gasteiger partial charge in [0.1, 0.15) is 11.7 Å². The topological polar surface area (TPSA) is 49.7 Å². The quantitative estimate of drug-likeness (QED) is 0.728. The van der Waals surface area contributed by atoms with Crippen LogP contribution in [-0.2, 0) is 10.3 Å². The van der Waals surface area contributed by atoms with E-state index in [4.69, 9.17) is 4.74 Å². The maximum atomic E-state index is 10.5. The standard InChI is InChI=1S/C24H22O3/c25-16-22(26)23(14-15-23)27-24(17-8-2-1-3-9-17)20-12-6-4-10-18(20)19-11-5-7-13-21(19)24/h1-13,22,25-26H,14-16H2. The Morgan fingerprint density at radius 1 is 0.778 bits per heavy atom. The Labute approximate surface area is 158 Å². The van der Waals surface area contributed by atoms with E-state index in [1.54, 1.807) is 0 Å². The largest absolute Gasteiger partial charge is 0.394 e. The van der Waals surface area contributed by atoms with E-state index in [0.29, 0.717) is 0 Å². The van der Waals surface area contributed by atoms with Crippen LogP contribution in [0, 0.1) is 0 Å². The first kappa shape index (κ1) is 16.7. The molecule has 2 aliphatic carbocycles. The van der Waals surface area contributed by atoms with Gasteiger partial charge in [0, 0.05) is 11.1 Å². The number of aliphatic hydroxyl groups is 2. The van der Waals surface area contributed by atoms with Gasteiger partial charge in [-0.3, -0.25) is 0 Å². The van der Waals surface area contributed by atoms with Crippen LogP contribution in [0.25, 0.3) is 11.1 Å². The summed E-state index contributed by atoms with van der Waals surface area (Å²) in [5.74, 6) is 0. The maximum Gasteiger partial charge on any atom is 0.145 e. The third-order valence-electron chi connectivity index (χ3n) is 5.96. The van der Waals surface area contributed by atoms with E-state index in [1.807, 2.05) is 42.5 Å². The second kappa shape index (κ2) is 6.03.